The van der Waals surface area contributed by atoms with Crippen molar-refractivity contribution in [1.82, 2.24) is 20.4 Å². The molecule has 1 aliphatic heterocycles. The Hall–Kier alpha value is -3.86. The van der Waals surface area contributed by atoms with E-state index in [9.17, 15) is 28.0 Å². The van der Waals surface area contributed by atoms with Crippen molar-refractivity contribution in [2.75, 3.05) is 32.7 Å². The molecular formula is C26H31F2N5O4. The Morgan fingerprint density at radius 2 is 1.68 bits per heavy atom. The molecule has 9 nitrogen and oxygen atoms in total. The fourth-order valence-corrected chi connectivity index (χ4v) is 4.25. The lowest BCUT2D eigenvalue weighted by Gasteiger charge is -2.33. The van der Waals surface area contributed by atoms with Crippen molar-refractivity contribution in [3.8, 4) is 0 Å². The number of carbonyl (C=O) groups is 4. The summed E-state index contributed by atoms with van der Waals surface area (Å²) >= 11 is 0. The molecule has 3 rings (SSSR count). The van der Waals surface area contributed by atoms with Gasteiger partial charge in [-0.15, -0.1) is 0 Å². The predicted molar refractivity (Wildman–Crippen MR) is 132 cm³/mol. The summed E-state index contributed by atoms with van der Waals surface area (Å²) in [5, 5.41) is 5.63. The lowest BCUT2D eigenvalue weighted by molar-refractivity contribution is -0.141. The first kappa shape index (κ1) is 27.7. The van der Waals surface area contributed by atoms with Gasteiger partial charge >= 0.3 is 0 Å². The predicted octanol–water partition coefficient (Wildman–Crippen LogP) is 0.369. The summed E-state index contributed by atoms with van der Waals surface area (Å²) in [6.45, 7) is 2.05. The molecule has 1 fully saturated rings. The van der Waals surface area contributed by atoms with Crippen molar-refractivity contribution in [1.29, 1.82) is 0 Å². The van der Waals surface area contributed by atoms with Gasteiger partial charge in [0.2, 0.25) is 23.6 Å². The molecule has 11 heteroatoms. The van der Waals surface area contributed by atoms with Crippen LogP contribution in [0.2, 0.25) is 0 Å². The van der Waals surface area contributed by atoms with Gasteiger partial charge in [0.25, 0.3) is 0 Å². The van der Waals surface area contributed by atoms with Gasteiger partial charge < -0.3 is 26.2 Å². The van der Waals surface area contributed by atoms with Crippen molar-refractivity contribution in [2.45, 2.75) is 31.8 Å². The van der Waals surface area contributed by atoms with Gasteiger partial charge in [-0.3, -0.25) is 19.2 Å². The van der Waals surface area contributed by atoms with E-state index in [1.54, 1.807) is 19.1 Å². The Kier molecular flexibility index (Phi) is 9.67. The number of hydrogen-bond donors (Lipinski definition) is 3. The Bertz CT molecular complexity index is 1110. The number of likely N-dealkylation sites (N-methyl/N-ethyl adjacent to an activating group) is 1. The highest BCUT2D eigenvalue weighted by Crippen LogP contribution is 2.12. The molecule has 0 radical (unpaired) electrons. The van der Waals surface area contributed by atoms with E-state index in [1.165, 1.54) is 46.2 Å². The maximum Gasteiger partial charge on any atom is 0.242 e. The lowest BCUT2D eigenvalue weighted by Crippen LogP contribution is -2.58. The van der Waals surface area contributed by atoms with Crippen LogP contribution in [0.5, 0.6) is 0 Å². The first-order chi connectivity index (χ1) is 17.7. The average Bonchev–Trinajstić information content (AvgIpc) is 2.87. The summed E-state index contributed by atoms with van der Waals surface area (Å²) in [7, 11) is 0. The Morgan fingerprint density at radius 3 is 2.24 bits per heavy atom. The van der Waals surface area contributed by atoms with Crippen LogP contribution in [0, 0.1) is 11.6 Å². The quantitative estimate of drug-likeness (QED) is 0.399. The van der Waals surface area contributed by atoms with Crippen molar-refractivity contribution in [3.05, 3.63) is 71.3 Å². The number of carbonyl (C=O) groups excluding carboxylic acids is 4. The molecule has 0 spiro atoms. The molecule has 1 unspecified atom stereocenters. The minimum Gasteiger partial charge on any atom is -0.368 e. The molecule has 37 heavy (non-hydrogen) atoms. The fourth-order valence-electron chi connectivity index (χ4n) is 4.25. The molecule has 2 aromatic carbocycles. The van der Waals surface area contributed by atoms with Gasteiger partial charge in [0.1, 0.15) is 17.7 Å². The highest BCUT2D eigenvalue weighted by Gasteiger charge is 2.31. The van der Waals surface area contributed by atoms with Crippen LogP contribution in [0.1, 0.15) is 18.1 Å². The number of hydrogen-bond acceptors (Lipinski definition) is 5. The summed E-state index contributed by atoms with van der Waals surface area (Å²) in [5.41, 5.74) is 6.95. The van der Waals surface area contributed by atoms with Crippen LogP contribution in [-0.2, 0) is 32.0 Å². The molecule has 2 aromatic rings. The number of halogens is 2. The monoisotopic (exact) mass is 515 g/mol. The molecule has 0 aliphatic carbocycles. The molecule has 1 aliphatic rings. The smallest absolute Gasteiger partial charge is 0.242 e. The van der Waals surface area contributed by atoms with Gasteiger partial charge in [-0.2, -0.15) is 0 Å². The SMILES string of the molecule is CCN(C(=O)CNC(=O)CN1CCNC(Cc2ccc(F)cc2)C1=O)[C@@H](Cc1ccc(F)cc1)C(N)=O. The van der Waals surface area contributed by atoms with Crippen LogP contribution in [-0.4, -0.2) is 78.2 Å². The zero-order valence-corrected chi connectivity index (χ0v) is 20.6. The molecule has 1 saturated heterocycles. The zero-order chi connectivity index (χ0) is 26.9. The fraction of sp³-hybridized carbons (Fsp3) is 0.385. The summed E-state index contributed by atoms with van der Waals surface area (Å²) in [6.07, 6.45) is 0.456. The maximum atomic E-state index is 13.2. The third kappa shape index (κ3) is 7.81. The normalized spacial score (nSPS) is 16.2. The van der Waals surface area contributed by atoms with Crippen molar-refractivity contribution in [2.24, 2.45) is 5.73 Å². The number of nitrogens with zero attached hydrogens (tertiary/aromatic N) is 2. The van der Waals surface area contributed by atoms with E-state index in [0.29, 0.717) is 25.1 Å². The van der Waals surface area contributed by atoms with Gasteiger partial charge in [-0.1, -0.05) is 24.3 Å². The van der Waals surface area contributed by atoms with E-state index < -0.39 is 35.6 Å². The summed E-state index contributed by atoms with van der Waals surface area (Å²) < 4.78 is 26.3. The summed E-state index contributed by atoms with van der Waals surface area (Å²) in [6, 6.07) is 9.89. The molecule has 4 amide bonds. The van der Waals surface area contributed by atoms with E-state index in [-0.39, 0.29) is 37.8 Å². The van der Waals surface area contributed by atoms with Crippen molar-refractivity contribution < 1.29 is 28.0 Å². The second-order valence-corrected chi connectivity index (χ2v) is 8.80. The minimum atomic E-state index is -0.971. The summed E-state index contributed by atoms with van der Waals surface area (Å²) in [5.74, 6) is -2.80. The molecule has 0 aromatic heterocycles. The number of piperazine rings is 1. The van der Waals surface area contributed by atoms with Crippen LogP contribution in [0.4, 0.5) is 8.78 Å². The van der Waals surface area contributed by atoms with Crippen LogP contribution in [0.25, 0.3) is 0 Å². The molecule has 198 valence electrons. The molecule has 0 bridgehead atoms. The molecule has 4 N–H and O–H groups in total. The number of nitrogens with two attached hydrogens (primary N) is 1. The average molecular weight is 516 g/mol. The number of nitrogens with one attached hydrogen (secondary N) is 2. The maximum absolute atomic E-state index is 13.2. The van der Waals surface area contributed by atoms with E-state index in [0.717, 1.165) is 5.56 Å². The van der Waals surface area contributed by atoms with E-state index >= 15 is 0 Å². The van der Waals surface area contributed by atoms with Gasteiger partial charge in [-0.25, -0.2) is 8.78 Å². The Morgan fingerprint density at radius 1 is 1.08 bits per heavy atom. The van der Waals surface area contributed by atoms with Gasteiger partial charge in [0.05, 0.1) is 19.1 Å². The van der Waals surface area contributed by atoms with Crippen LogP contribution in [0.3, 0.4) is 0 Å². The first-order valence-corrected chi connectivity index (χ1v) is 12.0. The Balaban J connectivity index is 1.53. The number of amides is 4. The van der Waals surface area contributed by atoms with Gasteiger partial charge in [0, 0.05) is 26.1 Å². The number of benzene rings is 2. The lowest BCUT2D eigenvalue weighted by atomic mass is 10.0. The van der Waals surface area contributed by atoms with Crippen LogP contribution in [0.15, 0.2) is 48.5 Å². The third-order valence-electron chi connectivity index (χ3n) is 6.21. The van der Waals surface area contributed by atoms with Crippen LogP contribution >= 0.6 is 0 Å². The number of primary amides is 1. The third-order valence-corrected chi connectivity index (χ3v) is 6.21. The number of rotatable bonds is 11. The summed E-state index contributed by atoms with van der Waals surface area (Å²) in [4.78, 5) is 53.0. The van der Waals surface area contributed by atoms with Gasteiger partial charge in [-0.05, 0) is 48.7 Å². The molecule has 0 saturated carbocycles. The van der Waals surface area contributed by atoms with E-state index in [4.69, 9.17) is 5.73 Å². The highest BCUT2D eigenvalue weighted by atomic mass is 19.1. The highest BCUT2D eigenvalue weighted by molar-refractivity contribution is 5.92. The zero-order valence-electron chi connectivity index (χ0n) is 20.6. The topological polar surface area (TPSA) is 125 Å². The standard InChI is InChI=1S/C26H31F2N5O4/c1-2-33(22(25(29)36)14-18-5-9-20(28)10-6-18)24(35)15-31-23(34)16-32-12-11-30-21(26(32)37)13-17-3-7-19(27)8-4-17/h3-10,21-22,30H,2,11-16H2,1H3,(H2,29,36)(H,31,34)/t21?,22-/m0/s1. The minimum absolute atomic E-state index is 0.105. The van der Waals surface area contributed by atoms with Crippen LogP contribution < -0.4 is 16.4 Å². The first-order valence-electron chi connectivity index (χ1n) is 12.0. The molecule has 2 atom stereocenters. The van der Waals surface area contributed by atoms with Gasteiger partial charge in [0.15, 0.2) is 0 Å². The second kappa shape index (κ2) is 12.9. The molecular weight excluding hydrogens is 484 g/mol. The molecule has 1 heterocycles. The van der Waals surface area contributed by atoms with Crippen molar-refractivity contribution in [3.63, 3.8) is 0 Å². The second-order valence-electron chi connectivity index (χ2n) is 8.80. The Labute approximate surface area is 214 Å². The van der Waals surface area contributed by atoms with Crippen molar-refractivity contribution >= 4 is 23.6 Å². The van der Waals surface area contributed by atoms with E-state index in [1.807, 2.05) is 0 Å². The largest absolute Gasteiger partial charge is 0.368 e. The van der Waals surface area contributed by atoms with E-state index in [2.05, 4.69) is 10.6 Å².